The largest absolute Gasteiger partial charge is 0.370 e. The van der Waals surface area contributed by atoms with Gasteiger partial charge >= 0.3 is 0 Å². The van der Waals surface area contributed by atoms with Crippen molar-refractivity contribution in [2.75, 3.05) is 0 Å². The molecule has 3 aliphatic rings. The minimum Gasteiger partial charge on any atom is -0.370 e. The molecule has 0 unspecified atom stereocenters. The number of nitrogens with one attached hydrogen (secondary N) is 1. The maximum absolute atomic E-state index is 14.3. The number of ether oxygens (including phenoxy) is 4. The molecule has 1 N–H and O–H groups in total. The van der Waals surface area contributed by atoms with Gasteiger partial charge in [-0.2, -0.15) is 5.26 Å². The summed E-state index contributed by atoms with van der Waals surface area (Å²) in [6.45, 7) is 3.49. The van der Waals surface area contributed by atoms with E-state index < -0.39 is 41.3 Å². The fourth-order valence-electron chi connectivity index (χ4n) is 5.06. The van der Waals surface area contributed by atoms with Crippen LogP contribution in [0.3, 0.4) is 0 Å². The summed E-state index contributed by atoms with van der Waals surface area (Å²) in [5.74, 6) is -2.56. The van der Waals surface area contributed by atoms with E-state index in [0.717, 1.165) is 18.9 Å². The molecule has 1 amide bonds. The van der Waals surface area contributed by atoms with E-state index >= 15 is 0 Å². The Kier molecular flexibility index (Phi) is 7.03. The molecule has 0 spiro atoms. The first kappa shape index (κ1) is 25.7. The highest BCUT2D eigenvalue weighted by Crippen LogP contribution is 2.44. The van der Waals surface area contributed by atoms with Crippen molar-refractivity contribution in [1.82, 2.24) is 5.32 Å². The zero-order valence-corrected chi connectivity index (χ0v) is 20.8. The number of carbonyl (C=O) groups is 1. The summed E-state index contributed by atoms with van der Waals surface area (Å²) in [5, 5.41) is 12.6. The molecule has 3 fully saturated rings. The van der Waals surface area contributed by atoms with Crippen LogP contribution in [0.4, 0.5) is 8.78 Å². The number of rotatable bonds is 8. The number of halogens is 2. The molecule has 9 heteroatoms. The van der Waals surface area contributed by atoms with Crippen molar-refractivity contribution in [3.63, 3.8) is 0 Å². The topological polar surface area (TPSA) is 89.8 Å². The Bertz CT molecular complexity index is 1210. The average molecular weight is 513 g/mol. The van der Waals surface area contributed by atoms with E-state index in [2.05, 4.69) is 11.4 Å². The Morgan fingerprint density at radius 1 is 1.11 bits per heavy atom. The van der Waals surface area contributed by atoms with Gasteiger partial charge in [0.05, 0.1) is 37.1 Å². The molecule has 1 aliphatic heterocycles. The average Bonchev–Trinajstić information content (AvgIpc) is 3.61. The Labute approximate surface area is 214 Å². The Morgan fingerprint density at radius 2 is 1.89 bits per heavy atom. The highest BCUT2D eigenvalue weighted by Gasteiger charge is 2.58. The van der Waals surface area contributed by atoms with Gasteiger partial charge < -0.3 is 24.3 Å². The van der Waals surface area contributed by atoms with E-state index in [1.54, 1.807) is 32.0 Å². The molecule has 2 aliphatic carbocycles. The van der Waals surface area contributed by atoms with Gasteiger partial charge in [0.25, 0.3) is 5.91 Å². The predicted octanol–water partition coefficient (Wildman–Crippen LogP) is 4.27. The van der Waals surface area contributed by atoms with Crippen molar-refractivity contribution < 1.29 is 32.5 Å². The molecule has 2 saturated carbocycles. The van der Waals surface area contributed by atoms with E-state index in [-0.39, 0.29) is 43.6 Å². The third kappa shape index (κ3) is 5.68. The number of fused-ring (bicyclic) bond motifs is 1. The number of hydrogen-bond donors (Lipinski definition) is 1. The zero-order valence-electron chi connectivity index (χ0n) is 20.8. The van der Waals surface area contributed by atoms with Gasteiger partial charge in [-0.15, -0.1) is 0 Å². The summed E-state index contributed by atoms with van der Waals surface area (Å²) in [5.41, 5.74) is 0.0106. The quantitative estimate of drug-likeness (QED) is 0.568. The number of hydrogen-bond acceptors (Lipinski definition) is 6. The van der Waals surface area contributed by atoms with E-state index in [9.17, 15) is 18.8 Å². The second-order valence-electron chi connectivity index (χ2n) is 10.4. The van der Waals surface area contributed by atoms with Gasteiger partial charge in [-0.1, -0.05) is 24.3 Å². The van der Waals surface area contributed by atoms with Gasteiger partial charge in [0.2, 0.25) is 0 Å². The summed E-state index contributed by atoms with van der Waals surface area (Å²) in [6, 6.07) is 12.7. The van der Waals surface area contributed by atoms with Crippen molar-refractivity contribution in [1.29, 1.82) is 5.26 Å². The van der Waals surface area contributed by atoms with Crippen LogP contribution in [0.15, 0.2) is 42.5 Å². The summed E-state index contributed by atoms with van der Waals surface area (Å²) >= 11 is 0. The van der Waals surface area contributed by atoms with E-state index in [0.29, 0.717) is 11.1 Å². The minimum absolute atomic E-state index is 0.0444. The minimum atomic E-state index is -1.32. The second kappa shape index (κ2) is 10.1. The van der Waals surface area contributed by atoms with Gasteiger partial charge in [-0.05, 0) is 44.4 Å². The molecule has 7 nitrogen and oxygen atoms in total. The van der Waals surface area contributed by atoms with E-state index in [1.165, 1.54) is 12.1 Å². The summed E-state index contributed by atoms with van der Waals surface area (Å²) in [7, 11) is 0. The molecule has 0 radical (unpaired) electrons. The van der Waals surface area contributed by atoms with E-state index in [4.69, 9.17) is 18.9 Å². The molecular weight excluding hydrogens is 482 g/mol. The number of carbonyl (C=O) groups excluding carboxylic acids is 1. The lowest BCUT2D eigenvalue weighted by Gasteiger charge is -2.43. The maximum atomic E-state index is 14.3. The highest BCUT2D eigenvalue weighted by molar-refractivity contribution is 5.86. The Hall–Kier alpha value is -2.90. The van der Waals surface area contributed by atoms with Crippen LogP contribution in [0.5, 0.6) is 0 Å². The lowest BCUT2D eigenvalue weighted by molar-refractivity contribution is -0.183. The van der Waals surface area contributed by atoms with Gasteiger partial charge in [0.1, 0.15) is 17.7 Å². The molecule has 2 aromatic carbocycles. The van der Waals surface area contributed by atoms with Gasteiger partial charge in [0.15, 0.2) is 11.4 Å². The predicted molar refractivity (Wildman–Crippen MR) is 128 cm³/mol. The first-order chi connectivity index (χ1) is 17.7. The van der Waals surface area contributed by atoms with Crippen LogP contribution >= 0.6 is 0 Å². The molecule has 5 rings (SSSR count). The third-order valence-electron chi connectivity index (χ3n) is 7.09. The molecule has 37 heavy (non-hydrogen) atoms. The Balaban J connectivity index is 1.43. The fraction of sp³-hybridized carbons (Fsp3) is 0.500. The third-order valence-corrected chi connectivity index (χ3v) is 7.09. The summed E-state index contributed by atoms with van der Waals surface area (Å²) in [4.78, 5) is 13.7. The van der Waals surface area contributed by atoms with Crippen LogP contribution in [0.25, 0.3) is 0 Å². The number of benzene rings is 2. The summed E-state index contributed by atoms with van der Waals surface area (Å²) < 4.78 is 52.5. The van der Waals surface area contributed by atoms with Gasteiger partial charge in [-0.3, -0.25) is 4.79 Å². The first-order valence-corrected chi connectivity index (χ1v) is 12.5. The van der Waals surface area contributed by atoms with Crippen LogP contribution in [-0.4, -0.2) is 41.6 Å². The Morgan fingerprint density at radius 3 is 2.62 bits per heavy atom. The normalized spacial score (nSPS) is 28.4. The molecule has 196 valence electrons. The van der Waals surface area contributed by atoms with Crippen molar-refractivity contribution in [2.45, 2.75) is 88.5 Å². The molecule has 2 aromatic rings. The van der Waals surface area contributed by atoms with Crippen molar-refractivity contribution >= 4 is 5.91 Å². The zero-order chi connectivity index (χ0) is 26.2. The van der Waals surface area contributed by atoms with Crippen molar-refractivity contribution in [2.24, 2.45) is 0 Å². The molecule has 4 atom stereocenters. The standard InChI is InChI=1S/C28H30F2N2O5/c1-27(2)36-24-13-28(26(33)32-21-9-10-21,35-16-18-6-4-3-5-17(18)14-31)12-23(25(24)37-27)34-15-19-7-8-20(29)11-22(19)30/h3-8,11,21,23-25H,9-10,12-13,15-16H2,1-2H3,(H,32,33)/t23-,24+,25-,28+/m0/s1. The lowest BCUT2D eigenvalue weighted by atomic mass is 9.78. The SMILES string of the molecule is CC1(C)O[C@H]2[C@@H](OCc3ccc(F)cc3F)C[C@](OCc3ccccc3C#N)(C(=O)NC3CC3)C[C@H]2O1. The maximum Gasteiger partial charge on any atom is 0.252 e. The number of amides is 1. The van der Waals surface area contributed by atoms with Crippen molar-refractivity contribution in [3.8, 4) is 6.07 Å². The smallest absolute Gasteiger partial charge is 0.252 e. The van der Waals surface area contributed by atoms with E-state index in [1.807, 2.05) is 6.07 Å². The molecule has 0 aromatic heterocycles. The van der Waals surface area contributed by atoms with Gasteiger partial charge in [0, 0.05) is 30.5 Å². The number of nitriles is 1. The first-order valence-electron chi connectivity index (χ1n) is 12.5. The second-order valence-corrected chi connectivity index (χ2v) is 10.4. The van der Waals surface area contributed by atoms with Crippen LogP contribution in [0, 0.1) is 23.0 Å². The fourth-order valence-corrected chi connectivity index (χ4v) is 5.06. The lowest BCUT2D eigenvalue weighted by Crippen LogP contribution is -2.60. The molecule has 1 saturated heterocycles. The van der Waals surface area contributed by atoms with Crippen LogP contribution in [0.2, 0.25) is 0 Å². The van der Waals surface area contributed by atoms with Crippen LogP contribution in [0.1, 0.15) is 56.2 Å². The molecule has 1 heterocycles. The van der Waals surface area contributed by atoms with Crippen LogP contribution < -0.4 is 5.32 Å². The van der Waals surface area contributed by atoms with Gasteiger partial charge in [-0.25, -0.2) is 8.78 Å². The van der Waals surface area contributed by atoms with Crippen LogP contribution in [-0.2, 0) is 37.0 Å². The van der Waals surface area contributed by atoms with Crippen molar-refractivity contribution in [3.05, 3.63) is 70.8 Å². The highest BCUT2D eigenvalue weighted by atomic mass is 19.1. The monoisotopic (exact) mass is 512 g/mol. The number of nitrogens with zero attached hydrogens (tertiary/aromatic N) is 1. The molecular formula is C28H30F2N2O5. The molecule has 0 bridgehead atoms. The summed E-state index contributed by atoms with van der Waals surface area (Å²) in [6.07, 6.45) is 0.505.